The maximum atomic E-state index is 9.85. The first kappa shape index (κ1) is 11.5. The molecule has 0 radical (unpaired) electrons. The number of halogens is 1. The van der Waals surface area contributed by atoms with Crippen LogP contribution in [0.25, 0.3) is 0 Å². The molecule has 1 N–H and O–H groups in total. The number of aromatic nitrogens is 2. The number of nitrogens with zero attached hydrogens (tertiary/aromatic N) is 2. The molecule has 1 aromatic rings. The topological polar surface area (TPSA) is 38.1 Å². The number of hydrogen-bond donors (Lipinski definition) is 1. The first-order chi connectivity index (χ1) is 6.66. The van der Waals surface area contributed by atoms with E-state index < -0.39 is 6.10 Å². The zero-order chi connectivity index (χ0) is 10.6. The number of hydrogen-bond acceptors (Lipinski definition) is 2. The summed E-state index contributed by atoms with van der Waals surface area (Å²) in [4.78, 5) is 0. The van der Waals surface area contributed by atoms with Gasteiger partial charge >= 0.3 is 0 Å². The summed E-state index contributed by atoms with van der Waals surface area (Å²) in [7, 11) is 1.80. The summed E-state index contributed by atoms with van der Waals surface area (Å²) in [5.41, 5.74) is 0.725. The minimum Gasteiger partial charge on any atom is -0.387 e. The summed E-state index contributed by atoms with van der Waals surface area (Å²) >= 11 is 5.91. The third kappa shape index (κ3) is 2.72. The number of aliphatic hydroxyl groups is 1. The fourth-order valence-corrected chi connectivity index (χ4v) is 1.81. The maximum Gasteiger partial charge on any atom is 0.0971 e. The van der Waals surface area contributed by atoms with Crippen LogP contribution in [0.2, 0.25) is 5.02 Å². The minimum absolute atomic E-state index is 0.485. The Morgan fingerprint density at radius 1 is 1.57 bits per heavy atom. The number of aryl methyl sites for hydroxylation is 1. The quantitative estimate of drug-likeness (QED) is 0.769. The third-order valence-electron chi connectivity index (χ3n) is 2.33. The van der Waals surface area contributed by atoms with Crippen LogP contribution in [-0.2, 0) is 7.05 Å². The van der Waals surface area contributed by atoms with Crippen molar-refractivity contribution < 1.29 is 5.11 Å². The van der Waals surface area contributed by atoms with Gasteiger partial charge < -0.3 is 5.11 Å². The van der Waals surface area contributed by atoms with Gasteiger partial charge in [-0.25, -0.2) is 0 Å². The fraction of sp³-hybridized carbons (Fsp3) is 0.700. The molecule has 1 unspecified atom stereocenters. The summed E-state index contributed by atoms with van der Waals surface area (Å²) in [5, 5.41) is 14.4. The van der Waals surface area contributed by atoms with Gasteiger partial charge in [0.1, 0.15) is 0 Å². The minimum atomic E-state index is -0.485. The van der Waals surface area contributed by atoms with E-state index >= 15 is 0 Å². The van der Waals surface area contributed by atoms with Crippen LogP contribution in [0.4, 0.5) is 0 Å². The Morgan fingerprint density at radius 3 is 2.79 bits per heavy atom. The molecule has 1 aromatic heterocycles. The Balaban J connectivity index is 2.55. The fourth-order valence-electron chi connectivity index (χ4n) is 1.52. The average Bonchev–Trinajstić information content (AvgIpc) is 2.46. The largest absolute Gasteiger partial charge is 0.387 e. The van der Waals surface area contributed by atoms with Crippen molar-refractivity contribution in [2.24, 2.45) is 7.05 Å². The van der Waals surface area contributed by atoms with E-state index in [9.17, 15) is 5.11 Å². The van der Waals surface area contributed by atoms with Gasteiger partial charge in [-0.1, -0.05) is 37.8 Å². The molecule has 0 saturated heterocycles. The van der Waals surface area contributed by atoms with Crippen molar-refractivity contribution in [2.45, 2.75) is 38.7 Å². The van der Waals surface area contributed by atoms with Crippen LogP contribution in [0.15, 0.2) is 6.20 Å². The second-order valence-corrected chi connectivity index (χ2v) is 3.92. The summed E-state index contributed by atoms with van der Waals surface area (Å²) in [5.74, 6) is 0. The molecule has 0 aliphatic heterocycles. The molecule has 0 aromatic carbocycles. The van der Waals surface area contributed by atoms with E-state index in [0.717, 1.165) is 31.4 Å². The van der Waals surface area contributed by atoms with E-state index in [1.54, 1.807) is 17.9 Å². The van der Waals surface area contributed by atoms with E-state index in [2.05, 4.69) is 12.0 Å². The summed E-state index contributed by atoms with van der Waals surface area (Å²) in [6, 6.07) is 0. The molecule has 0 saturated carbocycles. The lowest BCUT2D eigenvalue weighted by atomic mass is 10.1. The molecule has 3 nitrogen and oxygen atoms in total. The maximum absolute atomic E-state index is 9.85. The van der Waals surface area contributed by atoms with Gasteiger partial charge in [0.25, 0.3) is 0 Å². The molecule has 0 spiro atoms. The molecule has 0 fully saturated rings. The van der Waals surface area contributed by atoms with Crippen LogP contribution < -0.4 is 0 Å². The van der Waals surface area contributed by atoms with Gasteiger partial charge in [-0.2, -0.15) is 5.10 Å². The highest BCUT2D eigenvalue weighted by atomic mass is 35.5. The molecule has 4 heteroatoms. The first-order valence-electron chi connectivity index (χ1n) is 5.02. The summed E-state index contributed by atoms with van der Waals surface area (Å²) < 4.78 is 1.64. The van der Waals surface area contributed by atoms with Crippen LogP contribution >= 0.6 is 11.6 Å². The Morgan fingerprint density at radius 2 is 2.29 bits per heavy atom. The molecule has 1 heterocycles. The highest BCUT2D eigenvalue weighted by Crippen LogP contribution is 2.25. The van der Waals surface area contributed by atoms with E-state index in [0.29, 0.717) is 5.02 Å². The predicted octanol–water partition coefficient (Wildman–Crippen LogP) is 2.69. The Kier molecular flexibility index (Phi) is 4.42. The molecule has 0 aliphatic rings. The lowest BCUT2D eigenvalue weighted by Crippen LogP contribution is -2.05. The number of aliphatic hydroxyl groups excluding tert-OH is 1. The standard InChI is InChI=1S/C10H17ClN2O/c1-3-4-5-6-9(14)10-8(11)7-12-13(10)2/h7,9,14H,3-6H2,1-2H3. The van der Waals surface area contributed by atoms with Gasteiger partial charge in [0.15, 0.2) is 0 Å². The summed E-state index contributed by atoms with van der Waals surface area (Å²) in [6.45, 7) is 2.14. The van der Waals surface area contributed by atoms with Crippen molar-refractivity contribution in [1.29, 1.82) is 0 Å². The van der Waals surface area contributed by atoms with Gasteiger partial charge in [-0.3, -0.25) is 4.68 Å². The second-order valence-electron chi connectivity index (χ2n) is 3.51. The van der Waals surface area contributed by atoms with Crippen molar-refractivity contribution in [3.63, 3.8) is 0 Å². The molecule has 80 valence electrons. The van der Waals surface area contributed by atoms with E-state index in [1.165, 1.54) is 0 Å². The molecule has 0 amide bonds. The predicted molar refractivity (Wildman–Crippen MR) is 57.3 cm³/mol. The SMILES string of the molecule is CCCCCC(O)c1c(Cl)cnn1C. The highest BCUT2D eigenvalue weighted by Gasteiger charge is 2.15. The smallest absolute Gasteiger partial charge is 0.0971 e. The monoisotopic (exact) mass is 216 g/mol. The zero-order valence-electron chi connectivity index (χ0n) is 8.70. The molecular weight excluding hydrogens is 200 g/mol. The van der Waals surface area contributed by atoms with Crippen molar-refractivity contribution in [3.05, 3.63) is 16.9 Å². The first-order valence-corrected chi connectivity index (χ1v) is 5.40. The highest BCUT2D eigenvalue weighted by molar-refractivity contribution is 6.31. The Hall–Kier alpha value is -0.540. The van der Waals surface area contributed by atoms with Crippen molar-refractivity contribution in [2.75, 3.05) is 0 Å². The van der Waals surface area contributed by atoms with E-state index in [-0.39, 0.29) is 0 Å². The molecule has 14 heavy (non-hydrogen) atoms. The van der Waals surface area contributed by atoms with Crippen LogP contribution in [0, 0.1) is 0 Å². The van der Waals surface area contributed by atoms with Gasteiger partial charge in [0.2, 0.25) is 0 Å². The molecule has 1 rings (SSSR count). The van der Waals surface area contributed by atoms with Crippen LogP contribution in [0.1, 0.15) is 44.4 Å². The second kappa shape index (κ2) is 5.37. The Labute approximate surface area is 89.7 Å². The molecular formula is C10H17ClN2O. The van der Waals surface area contributed by atoms with Crippen LogP contribution in [0.5, 0.6) is 0 Å². The van der Waals surface area contributed by atoms with E-state index in [4.69, 9.17) is 11.6 Å². The van der Waals surface area contributed by atoms with Crippen molar-refractivity contribution in [3.8, 4) is 0 Å². The van der Waals surface area contributed by atoms with E-state index in [1.807, 2.05) is 0 Å². The molecule has 0 aliphatic carbocycles. The van der Waals surface area contributed by atoms with Gasteiger partial charge in [-0.15, -0.1) is 0 Å². The summed E-state index contributed by atoms with van der Waals surface area (Å²) in [6.07, 6.45) is 5.17. The van der Waals surface area contributed by atoms with Crippen LogP contribution in [-0.4, -0.2) is 14.9 Å². The molecule has 0 bridgehead atoms. The van der Waals surface area contributed by atoms with Crippen molar-refractivity contribution in [1.82, 2.24) is 9.78 Å². The average molecular weight is 217 g/mol. The normalized spacial score (nSPS) is 13.1. The zero-order valence-corrected chi connectivity index (χ0v) is 9.46. The van der Waals surface area contributed by atoms with Gasteiger partial charge in [-0.05, 0) is 6.42 Å². The third-order valence-corrected chi connectivity index (χ3v) is 2.63. The molecule has 1 atom stereocenters. The van der Waals surface area contributed by atoms with Gasteiger partial charge in [0, 0.05) is 7.05 Å². The van der Waals surface area contributed by atoms with Crippen LogP contribution in [0.3, 0.4) is 0 Å². The van der Waals surface area contributed by atoms with Crippen molar-refractivity contribution >= 4 is 11.6 Å². The lowest BCUT2D eigenvalue weighted by molar-refractivity contribution is 0.154. The number of rotatable bonds is 5. The lowest BCUT2D eigenvalue weighted by Gasteiger charge is -2.11. The Bertz CT molecular complexity index is 266. The number of unbranched alkanes of at least 4 members (excludes halogenated alkanes) is 2. The van der Waals surface area contributed by atoms with Gasteiger partial charge in [0.05, 0.1) is 23.0 Å².